The third kappa shape index (κ3) is 6.52. The van der Waals surface area contributed by atoms with Crippen LogP contribution in [0.15, 0.2) is 84.9 Å². The average Bonchev–Trinajstić information content (AvgIpc) is 3.27. The highest BCUT2D eigenvalue weighted by molar-refractivity contribution is 5.94. The van der Waals surface area contributed by atoms with E-state index in [-0.39, 0.29) is 30.7 Å². The molecule has 39 heavy (non-hydrogen) atoms. The van der Waals surface area contributed by atoms with Gasteiger partial charge in [-0.1, -0.05) is 72.8 Å². The zero-order chi connectivity index (χ0) is 25.7. The number of hydrogen-bond acceptors (Lipinski definition) is 5. The Bertz CT molecular complexity index is 1130. The van der Waals surface area contributed by atoms with Crippen molar-refractivity contribution in [2.75, 3.05) is 57.3 Å². The zero-order valence-electron chi connectivity index (χ0n) is 22.4. The minimum Gasteiger partial charge on any atom is -0.492 e. The summed E-state index contributed by atoms with van der Waals surface area (Å²) >= 11 is 0. The number of carbonyl (C=O) groups excluding carboxylic acids is 1. The van der Waals surface area contributed by atoms with Crippen molar-refractivity contribution in [1.29, 1.82) is 0 Å². The summed E-state index contributed by atoms with van der Waals surface area (Å²) in [5.41, 5.74) is 2.48. The van der Waals surface area contributed by atoms with Gasteiger partial charge in [-0.3, -0.25) is 9.69 Å². The largest absolute Gasteiger partial charge is 0.492 e. The fourth-order valence-electron chi connectivity index (χ4n) is 5.88. The lowest BCUT2D eigenvalue weighted by Crippen LogP contribution is -2.50. The summed E-state index contributed by atoms with van der Waals surface area (Å²) in [4.78, 5) is 20.4. The van der Waals surface area contributed by atoms with Crippen LogP contribution >= 0.6 is 24.8 Å². The smallest absolute Gasteiger partial charge is 0.237 e. The van der Waals surface area contributed by atoms with Gasteiger partial charge >= 0.3 is 0 Å². The van der Waals surface area contributed by atoms with Gasteiger partial charge in [0.25, 0.3) is 0 Å². The second-order valence-corrected chi connectivity index (χ2v) is 9.98. The van der Waals surface area contributed by atoms with Crippen molar-refractivity contribution in [2.24, 2.45) is 0 Å². The van der Waals surface area contributed by atoms with Crippen LogP contribution in [-0.4, -0.2) is 79.3 Å². The molecule has 2 fully saturated rings. The maximum atomic E-state index is 13.9. The quantitative estimate of drug-likeness (QED) is 0.406. The van der Waals surface area contributed by atoms with Crippen LogP contribution in [0.4, 0.5) is 5.69 Å². The topological polar surface area (TPSA) is 56.2 Å². The van der Waals surface area contributed by atoms with Crippen LogP contribution in [0, 0.1) is 0 Å². The SMILES string of the molecule is CCOc1ccccc1N1CCN(CC(O)CN2CCC(c3ccccc3)(c3ccccc3)C2=O)CC1.Cl.Cl. The zero-order valence-corrected chi connectivity index (χ0v) is 24.1. The Morgan fingerprint density at radius 1 is 0.795 bits per heavy atom. The number of carbonyl (C=O) groups is 1. The summed E-state index contributed by atoms with van der Waals surface area (Å²) in [5, 5.41) is 11.0. The normalized spacial score (nSPS) is 17.7. The molecule has 210 valence electrons. The number of rotatable bonds is 9. The second-order valence-electron chi connectivity index (χ2n) is 9.98. The van der Waals surface area contributed by atoms with E-state index in [0.717, 1.165) is 48.7 Å². The minimum atomic E-state index is -0.693. The van der Waals surface area contributed by atoms with Crippen molar-refractivity contribution in [3.8, 4) is 5.75 Å². The van der Waals surface area contributed by atoms with Crippen LogP contribution in [0.1, 0.15) is 24.5 Å². The van der Waals surface area contributed by atoms with Gasteiger partial charge in [0.2, 0.25) is 5.91 Å². The standard InChI is InChI=1S/C31H37N3O3.2ClH/c1-2-37-29-16-10-9-15-28(29)33-21-19-32(20-22-33)23-27(35)24-34-18-17-31(30(34)36,25-11-5-3-6-12-25)26-13-7-4-8-14-26;;/h3-16,27,35H,2,17-24H2,1H3;2*1H. The molecule has 2 aliphatic rings. The Labute approximate surface area is 244 Å². The maximum absolute atomic E-state index is 13.9. The van der Waals surface area contributed by atoms with Crippen LogP contribution in [0.2, 0.25) is 0 Å². The van der Waals surface area contributed by atoms with E-state index in [4.69, 9.17) is 4.74 Å². The summed E-state index contributed by atoms with van der Waals surface area (Å²) in [6, 6.07) is 28.3. The molecule has 0 aliphatic carbocycles. The molecule has 0 spiro atoms. The third-order valence-corrected chi connectivity index (χ3v) is 7.72. The van der Waals surface area contributed by atoms with Crippen molar-refractivity contribution >= 4 is 36.4 Å². The van der Waals surface area contributed by atoms with Crippen LogP contribution in [0.5, 0.6) is 5.75 Å². The molecule has 2 saturated heterocycles. The summed E-state index contributed by atoms with van der Waals surface area (Å²) in [7, 11) is 0. The molecule has 8 heteroatoms. The Kier molecular flexibility index (Phi) is 11.1. The molecule has 0 radical (unpaired) electrons. The molecule has 3 aromatic rings. The fraction of sp³-hybridized carbons (Fsp3) is 0.387. The number of benzene rings is 3. The van der Waals surface area contributed by atoms with Gasteiger partial charge in [0.05, 0.1) is 18.4 Å². The first-order valence-electron chi connectivity index (χ1n) is 13.4. The molecule has 3 aromatic carbocycles. The molecule has 5 rings (SSSR count). The maximum Gasteiger partial charge on any atom is 0.237 e. The number of aliphatic hydroxyl groups is 1. The number of likely N-dealkylation sites (tertiary alicyclic amines) is 1. The van der Waals surface area contributed by atoms with Crippen molar-refractivity contribution < 1.29 is 14.6 Å². The van der Waals surface area contributed by atoms with E-state index in [0.29, 0.717) is 32.7 Å². The molecular formula is C31H39Cl2N3O3. The number of β-amino-alcohol motifs (C(OH)–C–C–N with tert-alkyl or cyclic N) is 1. The molecule has 2 heterocycles. The van der Waals surface area contributed by atoms with Gasteiger partial charge in [0.1, 0.15) is 11.2 Å². The van der Waals surface area contributed by atoms with Gasteiger partial charge in [-0.15, -0.1) is 24.8 Å². The fourth-order valence-corrected chi connectivity index (χ4v) is 5.88. The molecule has 1 atom stereocenters. The first-order chi connectivity index (χ1) is 18.1. The third-order valence-electron chi connectivity index (χ3n) is 7.72. The monoisotopic (exact) mass is 571 g/mol. The first-order valence-corrected chi connectivity index (χ1v) is 13.4. The van der Waals surface area contributed by atoms with Gasteiger partial charge in [-0.25, -0.2) is 0 Å². The predicted octanol–water partition coefficient (Wildman–Crippen LogP) is 4.63. The lowest BCUT2D eigenvalue weighted by molar-refractivity contribution is -0.132. The van der Waals surface area contributed by atoms with Gasteiger partial charge in [-0.2, -0.15) is 0 Å². The molecule has 0 saturated carbocycles. The Hall–Kier alpha value is -2.77. The van der Waals surface area contributed by atoms with Crippen molar-refractivity contribution in [1.82, 2.24) is 9.80 Å². The number of anilines is 1. The van der Waals surface area contributed by atoms with E-state index in [9.17, 15) is 9.90 Å². The number of halogens is 2. The molecule has 2 aliphatic heterocycles. The van der Waals surface area contributed by atoms with Gasteiger partial charge in [0, 0.05) is 45.8 Å². The number of amides is 1. The molecule has 0 bridgehead atoms. The Morgan fingerprint density at radius 2 is 1.36 bits per heavy atom. The van der Waals surface area contributed by atoms with Crippen molar-refractivity contribution in [3.63, 3.8) is 0 Å². The second kappa shape index (κ2) is 14.0. The summed E-state index contributed by atoms with van der Waals surface area (Å²) < 4.78 is 5.81. The summed E-state index contributed by atoms with van der Waals surface area (Å²) in [5.74, 6) is 1.01. The lowest BCUT2D eigenvalue weighted by Gasteiger charge is -2.38. The van der Waals surface area contributed by atoms with E-state index >= 15 is 0 Å². The number of aliphatic hydroxyl groups excluding tert-OH is 1. The van der Waals surface area contributed by atoms with Crippen LogP contribution in [0.25, 0.3) is 0 Å². The van der Waals surface area contributed by atoms with Gasteiger partial charge in [0.15, 0.2) is 0 Å². The Morgan fingerprint density at radius 3 is 1.95 bits per heavy atom. The van der Waals surface area contributed by atoms with E-state index in [1.165, 1.54) is 0 Å². The van der Waals surface area contributed by atoms with Crippen LogP contribution in [0.3, 0.4) is 0 Å². The Balaban J connectivity index is 0.00000210. The number of hydrogen-bond donors (Lipinski definition) is 1. The average molecular weight is 573 g/mol. The molecule has 6 nitrogen and oxygen atoms in total. The van der Waals surface area contributed by atoms with Gasteiger partial charge in [-0.05, 0) is 36.6 Å². The highest BCUT2D eigenvalue weighted by atomic mass is 35.5. The van der Waals surface area contributed by atoms with E-state index in [2.05, 4.69) is 15.9 Å². The van der Waals surface area contributed by atoms with Gasteiger partial charge < -0.3 is 19.6 Å². The number of para-hydroxylation sites is 2. The highest BCUT2D eigenvalue weighted by Gasteiger charge is 2.49. The number of nitrogens with zero attached hydrogens (tertiary/aromatic N) is 3. The number of piperazine rings is 1. The van der Waals surface area contributed by atoms with E-state index in [1.54, 1.807) is 0 Å². The molecular weight excluding hydrogens is 533 g/mol. The molecule has 1 amide bonds. The minimum absolute atomic E-state index is 0. The lowest BCUT2D eigenvalue weighted by atomic mass is 9.73. The molecule has 0 aromatic heterocycles. The highest BCUT2D eigenvalue weighted by Crippen LogP contribution is 2.42. The van der Waals surface area contributed by atoms with E-state index < -0.39 is 11.5 Å². The molecule has 1 N–H and O–H groups in total. The predicted molar refractivity (Wildman–Crippen MR) is 162 cm³/mol. The molecule has 1 unspecified atom stereocenters. The summed E-state index contributed by atoms with van der Waals surface area (Å²) in [6.45, 7) is 7.70. The van der Waals surface area contributed by atoms with Crippen LogP contribution in [-0.2, 0) is 10.2 Å². The van der Waals surface area contributed by atoms with Crippen molar-refractivity contribution in [2.45, 2.75) is 24.9 Å². The van der Waals surface area contributed by atoms with Crippen LogP contribution < -0.4 is 9.64 Å². The first kappa shape index (κ1) is 30.8. The van der Waals surface area contributed by atoms with Crippen molar-refractivity contribution in [3.05, 3.63) is 96.1 Å². The summed E-state index contributed by atoms with van der Waals surface area (Å²) in [6.07, 6.45) is 0.123. The van der Waals surface area contributed by atoms with E-state index in [1.807, 2.05) is 90.7 Å². The number of ether oxygens (including phenoxy) is 1.